The van der Waals surface area contributed by atoms with E-state index in [2.05, 4.69) is 21.2 Å². The Morgan fingerprint density at radius 1 is 1.47 bits per heavy atom. The van der Waals surface area contributed by atoms with E-state index >= 15 is 0 Å². The predicted molar refractivity (Wildman–Crippen MR) is 76.5 cm³/mol. The van der Waals surface area contributed by atoms with Gasteiger partial charge in [-0.1, -0.05) is 12.2 Å². The normalized spacial score (nSPS) is 11.2. The standard InChI is InChI=1S/C9H12BrN3O2S2/c10-7-5-6(9(11)16)1-2-8(7)13-3-4-17(12,14)15/h1-2,5,13H,3-4H2,(H2,11,16)(H2,12,14,15). The van der Waals surface area contributed by atoms with Crippen molar-refractivity contribution in [1.82, 2.24) is 0 Å². The van der Waals surface area contributed by atoms with Gasteiger partial charge in [-0.2, -0.15) is 0 Å². The van der Waals surface area contributed by atoms with E-state index in [0.29, 0.717) is 4.99 Å². The molecule has 0 atom stereocenters. The second-order valence-corrected chi connectivity index (χ2v) is 6.38. The highest BCUT2D eigenvalue weighted by atomic mass is 79.9. The Labute approximate surface area is 114 Å². The van der Waals surface area contributed by atoms with Crippen molar-refractivity contribution < 1.29 is 8.42 Å². The number of halogens is 1. The highest BCUT2D eigenvalue weighted by molar-refractivity contribution is 9.10. The van der Waals surface area contributed by atoms with Crippen LogP contribution in [0.15, 0.2) is 22.7 Å². The quantitative estimate of drug-likeness (QED) is 0.690. The van der Waals surface area contributed by atoms with Gasteiger partial charge in [-0.15, -0.1) is 0 Å². The number of anilines is 1. The van der Waals surface area contributed by atoms with Crippen LogP contribution in [-0.2, 0) is 10.0 Å². The lowest BCUT2D eigenvalue weighted by Crippen LogP contribution is -2.22. The Morgan fingerprint density at radius 2 is 2.12 bits per heavy atom. The van der Waals surface area contributed by atoms with Crippen molar-refractivity contribution in [3.63, 3.8) is 0 Å². The van der Waals surface area contributed by atoms with Crippen LogP contribution in [0.5, 0.6) is 0 Å². The fourth-order valence-electron chi connectivity index (χ4n) is 1.14. The molecule has 0 aliphatic heterocycles. The van der Waals surface area contributed by atoms with Crippen molar-refractivity contribution in [3.8, 4) is 0 Å². The van der Waals surface area contributed by atoms with Crippen LogP contribution in [0, 0.1) is 0 Å². The SMILES string of the molecule is NC(=S)c1ccc(NCCS(N)(=O)=O)c(Br)c1. The minimum atomic E-state index is -3.45. The van der Waals surface area contributed by atoms with E-state index in [1.54, 1.807) is 18.2 Å². The molecular formula is C9H12BrN3O2S2. The third kappa shape index (κ3) is 4.99. The average Bonchev–Trinajstić information content (AvgIpc) is 2.18. The highest BCUT2D eigenvalue weighted by Gasteiger charge is 2.05. The average molecular weight is 338 g/mol. The van der Waals surface area contributed by atoms with E-state index in [9.17, 15) is 8.42 Å². The van der Waals surface area contributed by atoms with E-state index in [-0.39, 0.29) is 12.3 Å². The molecule has 1 rings (SSSR count). The molecule has 5 nitrogen and oxygen atoms in total. The van der Waals surface area contributed by atoms with E-state index in [0.717, 1.165) is 15.7 Å². The molecule has 0 aliphatic rings. The molecule has 94 valence electrons. The first-order valence-corrected chi connectivity index (χ1v) is 7.55. The van der Waals surface area contributed by atoms with Gasteiger partial charge in [0.25, 0.3) is 0 Å². The fourth-order valence-corrected chi connectivity index (χ4v) is 2.17. The van der Waals surface area contributed by atoms with E-state index in [1.165, 1.54) is 0 Å². The second kappa shape index (κ2) is 5.76. The molecule has 0 saturated carbocycles. The first-order valence-electron chi connectivity index (χ1n) is 4.63. The van der Waals surface area contributed by atoms with Crippen LogP contribution >= 0.6 is 28.1 Å². The number of thiocarbonyl (C=S) groups is 1. The summed E-state index contributed by atoms with van der Waals surface area (Å²) in [6.45, 7) is 0.240. The first-order chi connectivity index (χ1) is 7.79. The number of hydrogen-bond acceptors (Lipinski definition) is 4. The van der Waals surface area contributed by atoms with Gasteiger partial charge in [0.05, 0.1) is 5.75 Å². The number of primary sulfonamides is 1. The molecule has 0 aliphatic carbocycles. The molecule has 0 fully saturated rings. The number of sulfonamides is 1. The van der Waals surface area contributed by atoms with Crippen LogP contribution in [0.2, 0.25) is 0 Å². The van der Waals surface area contributed by atoms with Gasteiger partial charge in [-0.25, -0.2) is 13.6 Å². The van der Waals surface area contributed by atoms with Crippen molar-refractivity contribution in [2.75, 3.05) is 17.6 Å². The number of nitrogens with two attached hydrogens (primary N) is 2. The molecule has 1 aromatic rings. The number of hydrogen-bond donors (Lipinski definition) is 3. The lowest BCUT2D eigenvalue weighted by molar-refractivity contribution is 0.598. The molecule has 0 radical (unpaired) electrons. The second-order valence-electron chi connectivity index (χ2n) is 3.35. The molecule has 0 unspecified atom stereocenters. The lowest BCUT2D eigenvalue weighted by atomic mass is 10.2. The maximum absolute atomic E-state index is 10.7. The Morgan fingerprint density at radius 3 is 2.59 bits per heavy atom. The van der Waals surface area contributed by atoms with Gasteiger partial charge in [0.1, 0.15) is 4.99 Å². The van der Waals surface area contributed by atoms with Gasteiger partial charge >= 0.3 is 0 Å². The number of rotatable bonds is 5. The van der Waals surface area contributed by atoms with E-state index in [1.807, 2.05) is 0 Å². The molecular weight excluding hydrogens is 326 g/mol. The summed E-state index contributed by atoms with van der Waals surface area (Å²) in [5, 5.41) is 7.83. The van der Waals surface area contributed by atoms with Gasteiger partial charge in [0, 0.05) is 22.3 Å². The summed E-state index contributed by atoms with van der Waals surface area (Å²) in [4.78, 5) is 0.307. The first kappa shape index (κ1) is 14.4. The molecule has 8 heteroatoms. The maximum atomic E-state index is 10.7. The van der Waals surface area contributed by atoms with Crippen molar-refractivity contribution in [3.05, 3.63) is 28.2 Å². The van der Waals surface area contributed by atoms with Crippen LogP contribution in [-0.4, -0.2) is 25.7 Å². The topological polar surface area (TPSA) is 98.2 Å². The summed E-state index contributed by atoms with van der Waals surface area (Å²) in [5.74, 6) is -0.128. The third-order valence-corrected chi connectivity index (χ3v) is 3.62. The summed E-state index contributed by atoms with van der Waals surface area (Å²) >= 11 is 8.18. The largest absolute Gasteiger partial charge is 0.389 e. The van der Waals surface area contributed by atoms with Gasteiger partial charge < -0.3 is 11.1 Å². The number of benzene rings is 1. The Balaban J connectivity index is 2.70. The molecule has 0 saturated heterocycles. The number of nitrogens with one attached hydrogen (secondary N) is 1. The molecule has 0 heterocycles. The molecule has 17 heavy (non-hydrogen) atoms. The van der Waals surface area contributed by atoms with E-state index in [4.69, 9.17) is 23.1 Å². The summed E-state index contributed by atoms with van der Waals surface area (Å²) < 4.78 is 22.2. The molecule has 0 bridgehead atoms. The van der Waals surface area contributed by atoms with Crippen LogP contribution in [0.3, 0.4) is 0 Å². The molecule has 1 aromatic carbocycles. The molecule has 0 spiro atoms. The van der Waals surface area contributed by atoms with Crippen LogP contribution in [0.4, 0.5) is 5.69 Å². The van der Waals surface area contributed by atoms with Crippen molar-refractivity contribution in [2.45, 2.75) is 0 Å². The van der Waals surface area contributed by atoms with Crippen molar-refractivity contribution >= 4 is 48.8 Å². The Kier molecular flexibility index (Phi) is 4.87. The Hall–Kier alpha value is -0.700. The summed E-state index contributed by atoms with van der Waals surface area (Å²) in [6.07, 6.45) is 0. The maximum Gasteiger partial charge on any atom is 0.210 e. The Bertz CT molecular complexity index is 531. The van der Waals surface area contributed by atoms with Crippen molar-refractivity contribution in [2.24, 2.45) is 10.9 Å². The smallest absolute Gasteiger partial charge is 0.210 e. The van der Waals surface area contributed by atoms with Gasteiger partial charge in [-0.05, 0) is 34.1 Å². The van der Waals surface area contributed by atoms with Gasteiger partial charge in [0.15, 0.2) is 0 Å². The molecule has 0 amide bonds. The summed E-state index contributed by atoms with van der Waals surface area (Å²) in [5.41, 5.74) is 6.98. The summed E-state index contributed by atoms with van der Waals surface area (Å²) in [6, 6.07) is 5.29. The van der Waals surface area contributed by atoms with Crippen LogP contribution < -0.4 is 16.2 Å². The third-order valence-electron chi connectivity index (χ3n) is 1.96. The zero-order chi connectivity index (χ0) is 13.1. The zero-order valence-corrected chi connectivity index (χ0v) is 12.0. The molecule has 5 N–H and O–H groups in total. The predicted octanol–water partition coefficient (Wildman–Crippen LogP) is 0.784. The van der Waals surface area contributed by atoms with Crippen LogP contribution in [0.25, 0.3) is 0 Å². The van der Waals surface area contributed by atoms with E-state index < -0.39 is 10.0 Å². The minimum Gasteiger partial charge on any atom is -0.389 e. The zero-order valence-electron chi connectivity index (χ0n) is 8.81. The summed E-state index contributed by atoms with van der Waals surface area (Å²) in [7, 11) is -3.45. The minimum absolute atomic E-state index is 0.128. The van der Waals surface area contributed by atoms with Gasteiger partial charge in [-0.3, -0.25) is 0 Å². The van der Waals surface area contributed by atoms with Gasteiger partial charge in [0.2, 0.25) is 10.0 Å². The molecule has 0 aromatic heterocycles. The van der Waals surface area contributed by atoms with Crippen LogP contribution in [0.1, 0.15) is 5.56 Å². The fraction of sp³-hybridized carbons (Fsp3) is 0.222. The monoisotopic (exact) mass is 337 g/mol. The lowest BCUT2D eigenvalue weighted by Gasteiger charge is -2.09. The highest BCUT2D eigenvalue weighted by Crippen LogP contribution is 2.23. The van der Waals surface area contributed by atoms with Crippen molar-refractivity contribution in [1.29, 1.82) is 0 Å².